The summed E-state index contributed by atoms with van der Waals surface area (Å²) in [4.78, 5) is 25.7. The third-order valence-corrected chi connectivity index (χ3v) is 4.68. The molecule has 1 saturated heterocycles. The second kappa shape index (κ2) is 4.62. The van der Waals surface area contributed by atoms with E-state index in [9.17, 15) is 14.7 Å². The molecule has 0 spiro atoms. The number of carboxylic acid groups (broad SMARTS) is 1. The maximum Gasteiger partial charge on any atom is 0.311 e. The van der Waals surface area contributed by atoms with Gasteiger partial charge in [-0.3, -0.25) is 9.59 Å². The van der Waals surface area contributed by atoms with Crippen LogP contribution in [-0.2, 0) is 16.0 Å². The average Bonchev–Trinajstić information content (AvgIpc) is 2.40. The molecule has 2 atom stereocenters. The number of piperidine rings is 1. The first kappa shape index (κ1) is 13.2. The Balaban J connectivity index is 1.74. The van der Waals surface area contributed by atoms with Crippen molar-refractivity contribution in [1.82, 2.24) is 4.90 Å². The number of carbonyl (C=O) groups is 2. The molecule has 1 aliphatic carbocycles. The smallest absolute Gasteiger partial charge is 0.311 e. The summed E-state index contributed by atoms with van der Waals surface area (Å²) in [5.74, 6) is -0.776. The number of hydrogen-bond donors (Lipinski definition) is 1. The van der Waals surface area contributed by atoms with E-state index in [0.29, 0.717) is 19.5 Å². The van der Waals surface area contributed by atoms with Gasteiger partial charge in [0.1, 0.15) is 0 Å². The lowest BCUT2D eigenvalue weighted by molar-refractivity contribution is -0.154. The number of nitrogens with zero attached hydrogens (tertiary/aromatic N) is 1. The first-order chi connectivity index (χ1) is 9.51. The zero-order valence-corrected chi connectivity index (χ0v) is 11.6. The molecule has 0 saturated carbocycles. The summed E-state index contributed by atoms with van der Waals surface area (Å²) in [7, 11) is 0. The van der Waals surface area contributed by atoms with Crippen molar-refractivity contribution in [1.29, 1.82) is 0 Å². The Bertz CT molecular complexity index is 569. The zero-order valence-electron chi connectivity index (χ0n) is 11.6. The molecule has 0 aromatic heterocycles. The van der Waals surface area contributed by atoms with Gasteiger partial charge in [0.15, 0.2) is 0 Å². The van der Waals surface area contributed by atoms with Crippen molar-refractivity contribution >= 4 is 11.9 Å². The predicted octanol–water partition coefficient (Wildman–Crippen LogP) is 2.04. The van der Waals surface area contributed by atoms with Crippen LogP contribution < -0.4 is 0 Å². The normalized spacial score (nSPS) is 28.4. The van der Waals surface area contributed by atoms with Gasteiger partial charge in [0.05, 0.1) is 11.3 Å². The number of rotatable bonds is 2. The molecule has 0 radical (unpaired) electrons. The number of aliphatic carboxylic acids is 1. The minimum absolute atomic E-state index is 0.0673. The lowest BCUT2D eigenvalue weighted by Gasteiger charge is -2.41. The van der Waals surface area contributed by atoms with Gasteiger partial charge in [0, 0.05) is 13.1 Å². The average molecular weight is 273 g/mol. The second-order valence-corrected chi connectivity index (χ2v) is 6.18. The van der Waals surface area contributed by atoms with Crippen molar-refractivity contribution in [2.24, 2.45) is 5.41 Å². The van der Waals surface area contributed by atoms with E-state index in [1.54, 1.807) is 11.8 Å². The van der Waals surface area contributed by atoms with E-state index < -0.39 is 11.4 Å². The van der Waals surface area contributed by atoms with Gasteiger partial charge in [-0.25, -0.2) is 0 Å². The summed E-state index contributed by atoms with van der Waals surface area (Å²) in [6.45, 7) is 2.75. The van der Waals surface area contributed by atoms with Gasteiger partial charge in [-0.05, 0) is 37.3 Å². The van der Waals surface area contributed by atoms with E-state index in [2.05, 4.69) is 6.07 Å². The number of carboxylic acids is 1. The van der Waals surface area contributed by atoms with Crippen LogP contribution in [0.5, 0.6) is 0 Å². The molecule has 4 nitrogen and oxygen atoms in total. The van der Waals surface area contributed by atoms with E-state index in [1.807, 2.05) is 18.2 Å². The summed E-state index contributed by atoms with van der Waals surface area (Å²) in [5, 5.41) is 9.33. The predicted molar refractivity (Wildman–Crippen MR) is 74.4 cm³/mol. The quantitative estimate of drug-likeness (QED) is 0.897. The highest BCUT2D eigenvalue weighted by Crippen LogP contribution is 2.38. The summed E-state index contributed by atoms with van der Waals surface area (Å²) in [5.41, 5.74) is 1.56. The van der Waals surface area contributed by atoms with Crippen LogP contribution in [-0.4, -0.2) is 35.0 Å². The number of benzene rings is 1. The Morgan fingerprint density at radius 2 is 2.10 bits per heavy atom. The molecular weight excluding hydrogens is 254 g/mol. The lowest BCUT2D eigenvalue weighted by Crippen LogP contribution is -2.50. The fourth-order valence-corrected chi connectivity index (χ4v) is 3.30. The van der Waals surface area contributed by atoms with Crippen molar-refractivity contribution in [3.63, 3.8) is 0 Å². The van der Waals surface area contributed by atoms with Crippen LogP contribution in [0.3, 0.4) is 0 Å². The van der Waals surface area contributed by atoms with Crippen LogP contribution in [0.1, 0.15) is 36.8 Å². The molecule has 1 fully saturated rings. The topological polar surface area (TPSA) is 57.6 Å². The highest BCUT2D eigenvalue weighted by atomic mass is 16.4. The van der Waals surface area contributed by atoms with Gasteiger partial charge in [0.2, 0.25) is 5.91 Å². The fourth-order valence-electron chi connectivity index (χ4n) is 3.30. The molecule has 3 rings (SSSR count). The molecule has 0 bridgehead atoms. The highest BCUT2D eigenvalue weighted by molar-refractivity contribution is 5.87. The number of fused-ring (bicyclic) bond motifs is 1. The molecule has 1 aliphatic heterocycles. The van der Waals surface area contributed by atoms with Crippen molar-refractivity contribution < 1.29 is 14.7 Å². The van der Waals surface area contributed by atoms with Crippen LogP contribution in [0.2, 0.25) is 0 Å². The van der Waals surface area contributed by atoms with Crippen molar-refractivity contribution in [3.05, 3.63) is 35.4 Å². The Morgan fingerprint density at radius 3 is 2.80 bits per heavy atom. The second-order valence-electron chi connectivity index (χ2n) is 6.18. The molecule has 1 heterocycles. The molecule has 2 unspecified atom stereocenters. The van der Waals surface area contributed by atoms with Gasteiger partial charge in [-0.2, -0.15) is 0 Å². The Hall–Kier alpha value is -1.84. The first-order valence-electron chi connectivity index (χ1n) is 7.11. The van der Waals surface area contributed by atoms with Crippen LogP contribution in [0.4, 0.5) is 0 Å². The van der Waals surface area contributed by atoms with Gasteiger partial charge >= 0.3 is 5.97 Å². The number of amides is 1. The molecule has 20 heavy (non-hydrogen) atoms. The monoisotopic (exact) mass is 273 g/mol. The Kier molecular flexibility index (Phi) is 3.04. The van der Waals surface area contributed by atoms with E-state index in [4.69, 9.17) is 0 Å². The standard InChI is InChI=1S/C16H19NO3/c1-16(15(19)20)7-4-8-17(10-16)14(18)13-9-11-5-2-3-6-12(11)13/h2-3,5-6,13H,4,7-10H2,1H3,(H,19,20). The molecule has 2 aliphatic rings. The van der Waals surface area contributed by atoms with Gasteiger partial charge in [-0.1, -0.05) is 24.3 Å². The largest absolute Gasteiger partial charge is 0.481 e. The summed E-state index contributed by atoms with van der Waals surface area (Å²) < 4.78 is 0. The molecule has 4 heteroatoms. The van der Waals surface area contributed by atoms with E-state index in [1.165, 1.54) is 5.56 Å². The molecular formula is C16H19NO3. The lowest BCUT2D eigenvalue weighted by atomic mass is 9.75. The number of likely N-dealkylation sites (tertiary alicyclic amines) is 1. The van der Waals surface area contributed by atoms with Crippen LogP contribution in [0, 0.1) is 5.41 Å². The minimum Gasteiger partial charge on any atom is -0.481 e. The van der Waals surface area contributed by atoms with Crippen molar-refractivity contribution in [2.45, 2.75) is 32.1 Å². The fraction of sp³-hybridized carbons (Fsp3) is 0.500. The van der Waals surface area contributed by atoms with Gasteiger partial charge in [0.25, 0.3) is 0 Å². The highest BCUT2D eigenvalue weighted by Gasteiger charge is 2.42. The van der Waals surface area contributed by atoms with E-state index in [-0.39, 0.29) is 11.8 Å². The summed E-state index contributed by atoms with van der Waals surface area (Å²) >= 11 is 0. The van der Waals surface area contributed by atoms with Gasteiger partial charge < -0.3 is 10.0 Å². The SMILES string of the molecule is CC1(C(=O)O)CCCN(C(=O)C2Cc3ccccc32)C1. The van der Waals surface area contributed by atoms with Crippen molar-refractivity contribution in [2.75, 3.05) is 13.1 Å². The first-order valence-corrected chi connectivity index (χ1v) is 7.11. The van der Waals surface area contributed by atoms with Crippen LogP contribution in [0.15, 0.2) is 24.3 Å². The third kappa shape index (κ3) is 1.99. The van der Waals surface area contributed by atoms with E-state index >= 15 is 0 Å². The Morgan fingerprint density at radius 1 is 1.35 bits per heavy atom. The molecule has 1 N–H and O–H groups in total. The molecule has 1 amide bonds. The zero-order chi connectivity index (χ0) is 14.3. The van der Waals surface area contributed by atoms with Gasteiger partial charge in [-0.15, -0.1) is 0 Å². The van der Waals surface area contributed by atoms with Crippen LogP contribution in [0.25, 0.3) is 0 Å². The number of hydrogen-bond acceptors (Lipinski definition) is 2. The summed E-state index contributed by atoms with van der Waals surface area (Å²) in [6.07, 6.45) is 2.20. The molecule has 106 valence electrons. The third-order valence-electron chi connectivity index (χ3n) is 4.68. The van der Waals surface area contributed by atoms with E-state index in [0.717, 1.165) is 18.4 Å². The van der Waals surface area contributed by atoms with Crippen LogP contribution >= 0.6 is 0 Å². The molecule has 1 aromatic carbocycles. The maximum atomic E-state index is 12.6. The number of carbonyl (C=O) groups excluding carboxylic acids is 1. The maximum absolute atomic E-state index is 12.6. The summed E-state index contributed by atoms with van der Waals surface area (Å²) in [6, 6.07) is 8.00. The van der Waals surface area contributed by atoms with Crippen molar-refractivity contribution in [3.8, 4) is 0 Å². The Labute approximate surface area is 118 Å². The minimum atomic E-state index is -0.802. The molecule has 1 aromatic rings.